The van der Waals surface area contributed by atoms with E-state index in [0.717, 1.165) is 34.8 Å². The maximum atomic E-state index is 13.9. The maximum Gasteiger partial charge on any atom is 0.416 e. The third-order valence-electron chi connectivity index (χ3n) is 6.70. The number of rotatable bonds is 4. The number of anilines is 1. The molecule has 32 heavy (non-hydrogen) atoms. The quantitative estimate of drug-likeness (QED) is 0.590. The Morgan fingerprint density at radius 1 is 1.22 bits per heavy atom. The molecule has 3 aromatic rings. The number of nitrogens with zero attached hydrogens (tertiary/aromatic N) is 2. The number of benzene rings is 1. The van der Waals surface area contributed by atoms with Crippen LogP contribution in [0.1, 0.15) is 34.3 Å². The summed E-state index contributed by atoms with van der Waals surface area (Å²) < 4.78 is 41.6. The fraction of sp³-hybridized carbons (Fsp3) is 0.391. The van der Waals surface area contributed by atoms with Crippen molar-refractivity contribution in [3.8, 4) is 0 Å². The Hall–Kier alpha value is -2.65. The van der Waals surface area contributed by atoms with E-state index in [1.54, 1.807) is 17.2 Å². The lowest BCUT2D eigenvalue weighted by atomic mass is 9.98. The fourth-order valence-electron chi connectivity index (χ4n) is 5.00. The van der Waals surface area contributed by atoms with Gasteiger partial charge in [-0.1, -0.05) is 6.07 Å². The van der Waals surface area contributed by atoms with Crippen molar-refractivity contribution in [2.75, 3.05) is 18.4 Å². The van der Waals surface area contributed by atoms with Crippen molar-refractivity contribution in [2.45, 2.75) is 31.6 Å². The van der Waals surface area contributed by atoms with E-state index in [2.05, 4.69) is 10.3 Å². The van der Waals surface area contributed by atoms with Crippen LogP contribution in [0.25, 0.3) is 10.2 Å². The molecular formula is C23H23F3N4OS. The van der Waals surface area contributed by atoms with Gasteiger partial charge in [-0.2, -0.15) is 13.2 Å². The van der Waals surface area contributed by atoms with E-state index in [0.29, 0.717) is 19.0 Å². The predicted octanol–water partition coefficient (Wildman–Crippen LogP) is 4.74. The first-order chi connectivity index (χ1) is 15.3. The molecule has 3 N–H and O–H groups in total. The minimum atomic E-state index is -4.56. The lowest BCUT2D eigenvalue weighted by Gasteiger charge is -2.20. The van der Waals surface area contributed by atoms with Gasteiger partial charge in [-0.15, -0.1) is 11.3 Å². The topological polar surface area (TPSA) is 71.2 Å². The van der Waals surface area contributed by atoms with Crippen LogP contribution < -0.4 is 11.1 Å². The first-order valence-electron chi connectivity index (χ1n) is 10.6. The van der Waals surface area contributed by atoms with E-state index in [4.69, 9.17) is 5.73 Å². The largest absolute Gasteiger partial charge is 0.416 e. The summed E-state index contributed by atoms with van der Waals surface area (Å²) in [6.45, 7) is 1.08. The molecular weight excluding hydrogens is 437 g/mol. The van der Waals surface area contributed by atoms with Gasteiger partial charge in [0.05, 0.1) is 5.56 Å². The molecule has 1 aliphatic heterocycles. The Balaban J connectivity index is 1.37. The standard InChI is InChI=1S/C23H23F3N4OS/c24-23(25,26)18-9-13(22(31)30-11-15-3-4-19(27)17(15)12-30)1-2-14(18)10-29-20-5-7-28-21-16(20)6-8-32-21/h1-2,5-9,15,17,19H,3-4,10-12,27H2,(H,28,29). The van der Waals surface area contributed by atoms with Crippen LogP contribution >= 0.6 is 11.3 Å². The summed E-state index contributed by atoms with van der Waals surface area (Å²) in [6, 6.07) is 7.58. The van der Waals surface area contributed by atoms with E-state index in [9.17, 15) is 18.0 Å². The smallest absolute Gasteiger partial charge is 0.380 e. The molecule has 5 nitrogen and oxygen atoms in total. The molecule has 1 saturated carbocycles. The highest BCUT2D eigenvalue weighted by Crippen LogP contribution is 2.38. The summed E-state index contributed by atoms with van der Waals surface area (Å²) in [5.41, 5.74) is 6.23. The zero-order valence-electron chi connectivity index (χ0n) is 17.2. The molecule has 2 aliphatic rings. The third-order valence-corrected chi connectivity index (χ3v) is 7.52. The number of aromatic nitrogens is 1. The number of likely N-dealkylation sites (tertiary alicyclic amines) is 1. The molecule has 2 fully saturated rings. The van der Waals surface area contributed by atoms with Crippen LogP contribution in [0.3, 0.4) is 0 Å². The summed E-state index contributed by atoms with van der Waals surface area (Å²) >= 11 is 1.47. The molecule has 5 rings (SSSR count). The van der Waals surface area contributed by atoms with Crippen molar-refractivity contribution in [3.63, 3.8) is 0 Å². The van der Waals surface area contributed by atoms with Gasteiger partial charge in [0.2, 0.25) is 0 Å². The van der Waals surface area contributed by atoms with Crippen LogP contribution in [0.4, 0.5) is 18.9 Å². The molecule has 168 valence electrons. The number of nitrogens with two attached hydrogens (primary N) is 1. The SMILES string of the molecule is NC1CCC2CN(C(=O)c3ccc(CNc4ccnc5sccc45)c(C(F)(F)F)c3)CC12. The summed E-state index contributed by atoms with van der Waals surface area (Å²) in [7, 11) is 0. The fourth-order valence-corrected chi connectivity index (χ4v) is 5.76. The minimum Gasteiger partial charge on any atom is -0.380 e. The summed E-state index contributed by atoms with van der Waals surface area (Å²) in [5, 5.41) is 5.86. The van der Waals surface area contributed by atoms with Crippen LogP contribution in [0.15, 0.2) is 41.9 Å². The Kier molecular flexibility index (Phi) is 5.33. The molecule has 0 spiro atoms. The van der Waals surface area contributed by atoms with Crippen LogP contribution in [0.2, 0.25) is 0 Å². The molecule has 3 unspecified atom stereocenters. The maximum absolute atomic E-state index is 13.9. The molecule has 0 bridgehead atoms. The molecule has 2 aromatic heterocycles. The second-order valence-electron chi connectivity index (χ2n) is 8.60. The van der Waals surface area contributed by atoms with Crippen molar-refractivity contribution in [3.05, 3.63) is 58.6 Å². The Bertz CT molecular complexity index is 1160. The highest BCUT2D eigenvalue weighted by molar-refractivity contribution is 7.16. The highest BCUT2D eigenvalue weighted by Gasteiger charge is 2.43. The molecule has 3 atom stereocenters. The zero-order valence-corrected chi connectivity index (χ0v) is 18.0. The Labute approximate surface area is 187 Å². The number of halogens is 3. The molecule has 1 aromatic carbocycles. The van der Waals surface area contributed by atoms with Crippen molar-refractivity contribution in [1.29, 1.82) is 0 Å². The molecule has 0 radical (unpaired) electrons. The van der Waals surface area contributed by atoms with Gasteiger partial charge in [0.1, 0.15) is 4.83 Å². The zero-order chi connectivity index (χ0) is 22.5. The van der Waals surface area contributed by atoms with Crippen molar-refractivity contribution >= 4 is 33.1 Å². The molecule has 1 aliphatic carbocycles. The number of amides is 1. The van der Waals surface area contributed by atoms with Gasteiger partial charge in [0, 0.05) is 48.5 Å². The van der Waals surface area contributed by atoms with Crippen LogP contribution in [0.5, 0.6) is 0 Å². The predicted molar refractivity (Wildman–Crippen MR) is 118 cm³/mol. The van der Waals surface area contributed by atoms with E-state index >= 15 is 0 Å². The third kappa shape index (κ3) is 3.84. The van der Waals surface area contributed by atoms with Gasteiger partial charge in [-0.25, -0.2) is 4.98 Å². The summed E-state index contributed by atoms with van der Waals surface area (Å²) in [6.07, 6.45) is -1.01. The molecule has 1 saturated heterocycles. The normalized spacial score (nSPS) is 23.0. The average molecular weight is 461 g/mol. The number of pyridine rings is 1. The second kappa shape index (κ2) is 8.04. The van der Waals surface area contributed by atoms with Gasteiger partial charge in [-0.3, -0.25) is 4.79 Å². The van der Waals surface area contributed by atoms with Crippen LogP contribution in [0, 0.1) is 11.8 Å². The Morgan fingerprint density at radius 3 is 2.84 bits per heavy atom. The monoisotopic (exact) mass is 460 g/mol. The highest BCUT2D eigenvalue weighted by atomic mass is 32.1. The number of alkyl halides is 3. The summed E-state index contributed by atoms with van der Waals surface area (Å²) in [5.74, 6) is 0.248. The first kappa shape index (κ1) is 21.2. The number of thiophene rings is 1. The van der Waals surface area contributed by atoms with Crippen LogP contribution in [-0.4, -0.2) is 34.9 Å². The number of hydrogen-bond acceptors (Lipinski definition) is 5. The van der Waals surface area contributed by atoms with E-state index in [1.807, 2.05) is 11.4 Å². The lowest BCUT2D eigenvalue weighted by molar-refractivity contribution is -0.138. The molecule has 1 amide bonds. The average Bonchev–Trinajstić information content (AvgIpc) is 3.48. The van der Waals surface area contributed by atoms with Crippen molar-refractivity contribution in [2.24, 2.45) is 17.6 Å². The second-order valence-corrected chi connectivity index (χ2v) is 9.49. The summed E-state index contributed by atoms with van der Waals surface area (Å²) in [4.78, 5) is 19.7. The number of carbonyl (C=O) groups excluding carboxylic acids is 1. The van der Waals surface area contributed by atoms with Gasteiger partial charge in [0.15, 0.2) is 0 Å². The molecule has 9 heteroatoms. The number of hydrogen-bond donors (Lipinski definition) is 2. The van der Waals surface area contributed by atoms with Gasteiger partial charge >= 0.3 is 6.18 Å². The number of nitrogens with one attached hydrogen (secondary N) is 1. The Morgan fingerprint density at radius 2 is 2.06 bits per heavy atom. The van der Waals surface area contributed by atoms with E-state index < -0.39 is 11.7 Å². The van der Waals surface area contributed by atoms with Gasteiger partial charge in [-0.05, 0) is 59.9 Å². The van der Waals surface area contributed by atoms with Gasteiger partial charge in [0.25, 0.3) is 5.91 Å². The van der Waals surface area contributed by atoms with Crippen molar-refractivity contribution < 1.29 is 18.0 Å². The minimum absolute atomic E-state index is 0.0129. The van der Waals surface area contributed by atoms with Gasteiger partial charge < -0.3 is 16.0 Å². The lowest BCUT2D eigenvalue weighted by Crippen LogP contribution is -2.33. The van der Waals surface area contributed by atoms with Crippen molar-refractivity contribution in [1.82, 2.24) is 9.88 Å². The van der Waals surface area contributed by atoms with E-state index in [-0.39, 0.29) is 35.5 Å². The molecule has 3 heterocycles. The first-order valence-corrected chi connectivity index (χ1v) is 11.5. The van der Waals surface area contributed by atoms with E-state index in [1.165, 1.54) is 23.5 Å². The number of carbonyl (C=O) groups is 1. The van der Waals surface area contributed by atoms with Crippen LogP contribution in [-0.2, 0) is 12.7 Å². The number of fused-ring (bicyclic) bond motifs is 2.